The van der Waals surface area contributed by atoms with Crippen molar-refractivity contribution >= 4 is 0 Å². The van der Waals surface area contributed by atoms with E-state index in [2.05, 4.69) is 12.2 Å². The average Bonchev–Trinajstić information content (AvgIpc) is 2.23. The van der Waals surface area contributed by atoms with Crippen molar-refractivity contribution in [2.45, 2.75) is 25.8 Å². The van der Waals surface area contributed by atoms with Gasteiger partial charge in [-0.05, 0) is 43.0 Å². The maximum absolute atomic E-state index is 13.0. The van der Waals surface area contributed by atoms with Gasteiger partial charge in [0.1, 0.15) is 0 Å². The third kappa shape index (κ3) is 2.34. The molecule has 0 aliphatic carbocycles. The number of piperidine rings is 1. The Balaban J connectivity index is 2.12. The number of halogens is 2. The third-order valence-electron chi connectivity index (χ3n) is 3.01. The molecule has 0 aromatic heterocycles. The zero-order valence-corrected chi connectivity index (χ0v) is 8.76. The summed E-state index contributed by atoms with van der Waals surface area (Å²) in [6.45, 7) is 3.14. The van der Waals surface area contributed by atoms with Crippen molar-refractivity contribution in [2.24, 2.45) is 5.92 Å². The second-order valence-corrected chi connectivity index (χ2v) is 4.32. The molecule has 1 aliphatic rings. The lowest BCUT2D eigenvalue weighted by molar-refractivity contribution is 0.332. The molecule has 0 bridgehead atoms. The minimum atomic E-state index is -0.775. The zero-order valence-electron chi connectivity index (χ0n) is 8.76. The highest BCUT2D eigenvalue weighted by molar-refractivity contribution is 5.21. The van der Waals surface area contributed by atoms with Gasteiger partial charge in [-0.25, -0.2) is 8.78 Å². The highest BCUT2D eigenvalue weighted by Crippen LogP contribution is 2.26. The Hall–Kier alpha value is -0.960. The summed E-state index contributed by atoms with van der Waals surface area (Å²) < 4.78 is 25.7. The highest BCUT2D eigenvalue weighted by Gasteiger charge is 2.19. The van der Waals surface area contributed by atoms with Crippen LogP contribution >= 0.6 is 0 Å². The maximum Gasteiger partial charge on any atom is 0.159 e. The van der Waals surface area contributed by atoms with Gasteiger partial charge < -0.3 is 5.32 Å². The Morgan fingerprint density at radius 1 is 1.20 bits per heavy atom. The Kier molecular flexibility index (Phi) is 3.00. The van der Waals surface area contributed by atoms with E-state index in [9.17, 15) is 8.78 Å². The Bertz CT molecular complexity index is 343. The smallest absolute Gasteiger partial charge is 0.159 e. The lowest BCUT2D eigenvalue weighted by Gasteiger charge is -2.28. The summed E-state index contributed by atoms with van der Waals surface area (Å²) in [4.78, 5) is 0. The molecule has 2 rings (SSSR count). The van der Waals surface area contributed by atoms with Crippen LogP contribution in [0.1, 0.15) is 31.4 Å². The molecule has 2 atom stereocenters. The largest absolute Gasteiger partial charge is 0.310 e. The van der Waals surface area contributed by atoms with E-state index in [1.807, 2.05) is 0 Å². The first-order chi connectivity index (χ1) is 7.16. The van der Waals surface area contributed by atoms with Crippen molar-refractivity contribution in [3.8, 4) is 0 Å². The van der Waals surface area contributed by atoms with Crippen LogP contribution in [0.15, 0.2) is 18.2 Å². The molecule has 1 saturated heterocycles. The van der Waals surface area contributed by atoms with Gasteiger partial charge in [0.2, 0.25) is 0 Å². The van der Waals surface area contributed by atoms with E-state index in [0.29, 0.717) is 5.92 Å². The minimum Gasteiger partial charge on any atom is -0.310 e. The average molecular weight is 211 g/mol. The molecule has 1 aromatic rings. The molecule has 1 aromatic carbocycles. The van der Waals surface area contributed by atoms with E-state index in [4.69, 9.17) is 0 Å². The molecule has 0 amide bonds. The zero-order chi connectivity index (χ0) is 10.8. The number of rotatable bonds is 1. The van der Waals surface area contributed by atoms with Gasteiger partial charge in [0.25, 0.3) is 0 Å². The van der Waals surface area contributed by atoms with Gasteiger partial charge >= 0.3 is 0 Å². The summed E-state index contributed by atoms with van der Waals surface area (Å²) in [6, 6.07) is 4.33. The van der Waals surface area contributed by atoms with Crippen LogP contribution in [-0.4, -0.2) is 6.54 Å². The molecule has 0 radical (unpaired) electrons. The molecule has 1 heterocycles. The number of nitrogens with one attached hydrogen (secondary N) is 1. The summed E-state index contributed by atoms with van der Waals surface area (Å²) >= 11 is 0. The molecule has 3 heteroatoms. The summed E-state index contributed by atoms with van der Waals surface area (Å²) in [5.74, 6) is -0.859. The van der Waals surface area contributed by atoms with E-state index in [1.165, 1.54) is 12.1 Å². The second-order valence-electron chi connectivity index (χ2n) is 4.32. The van der Waals surface area contributed by atoms with Gasteiger partial charge in [0, 0.05) is 6.04 Å². The van der Waals surface area contributed by atoms with Crippen molar-refractivity contribution < 1.29 is 8.78 Å². The molecule has 82 valence electrons. The molecule has 1 N–H and O–H groups in total. The van der Waals surface area contributed by atoms with Crippen LogP contribution in [0.4, 0.5) is 8.78 Å². The summed E-state index contributed by atoms with van der Waals surface area (Å²) in [5.41, 5.74) is 0.848. The normalized spacial score (nSPS) is 26.6. The first-order valence-electron chi connectivity index (χ1n) is 5.35. The van der Waals surface area contributed by atoms with Gasteiger partial charge in [-0.2, -0.15) is 0 Å². The molecule has 0 saturated carbocycles. The fourth-order valence-electron chi connectivity index (χ4n) is 2.01. The van der Waals surface area contributed by atoms with Crippen LogP contribution in [0.25, 0.3) is 0 Å². The van der Waals surface area contributed by atoms with Crippen molar-refractivity contribution in [1.29, 1.82) is 0 Å². The van der Waals surface area contributed by atoms with Gasteiger partial charge in [-0.15, -0.1) is 0 Å². The molecule has 1 fully saturated rings. The SMILES string of the molecule is C[C@@H]1CC[C@@H](c2ccc(F)c(F)c2)NC1. The molecular weight excluding hydrogens is 196 g/mol. The van der Waals surface area contributed by atoms with Crippen LogP contribution < -0.4 is 5.32 Å². The molecule has 15 heavy (non-hydrogen) atoms. The number of hydrogen-bond donors (Lipinski definition) is 1. The van der Waals surface area contributed by atoms with Crippen LogP contribution in [-0.2, 0) is 0 Å². The Labute approximate surface area is 88.5 Å². The van der Waals surface area contributed by atoms with Crippen LogP contribution in [0.3, 0.4) is 0 Å². The summed E-state index contributed by atoms with van der Waals surface area (Å²) in [7, 11) is 0. The van der Waals surface area contributed by atoms with Gasteiger partial charge in [0.15, 0.2) is 11.6 Å². The third-order valence-corrected chi connectivity index (χ3v) is 3.01. The van der Waals surface area contributed by atoms with Crippen LogP contribution in [0.5, 0.6) is 0 Å². The van der Waals surface area contributed by atoms with Crippen molar-refractivity contribution in [3.63, 3.8) is 0 Å². The molecule has 1 nitrogen and oxygen atoms in total. The van der Waals surface area contributed by atoms with Crippen LogP contribution in [0.2, 0.25) is 0 Å². The predicted octanol–water partition coefficient (Wildman–Crippen LogP) is 3.03. The second kappa shape index (κ2) is 4.27. The van der Waals surface area contributed by atoms with Crippen molar-refractivity contribution in [1.82, 2.24) is 5.32 Å². The maximum atomic E-state index is 13.0. The van der Waals surface area contributed by atoms with E-state index >= 15 is 0 Å². The monoisotopic (exact) mass is 211 g/mol. The lowest BCUT2D eigenvalue weighted by atomic mass is 9.92. The minimum absolute atomic E-state index is 0.177. The van der Waals surface area contributed by atoms with Gasteiger partial charge in [-0.3, -0.25) is 0 Å². The van der Waals surface area contributed by atoms with Crippen molar-refractivity contribution in [2.75, 3.05) is 6.54 Å². The first-order valence-corrected chi connectivity index (χ1v) is 5.35. The molecular formula is C12H15F2N. The Morgan fingerprint density at radius 2 is 2.00 bits per heavy atom. The highest BCUT2D eigenvalue weighted by atomic mass is 19.2. The first kappa shape index (κ1) is 10.6. The summed E-state index contributed by atoms with van der Waals surface area (Å²) in [5, 5.41) is 3.34. The van der Waals surface area contributed by atoms with E-state index in [0.717, 1.165) is 24.9 Å². The topological polar surface area (TPSA) is 12.0 Å². The van der Waals surface area contributed by atoms with Crippen molar-refractivity contribution in [3.05, 3.63) is 35.4 Å². The van der Waals surface area contributed by atoms with Gasteiger partial charge in [-0.1, -0.05) is 13.0 Å². The standard InChI is InChI=1S/C12H15F2N/c1-8-2-5-12(15-7-8)9-3-4-10(13)11(14)6-9/h3-4,6,8,12,15H,2,5,7H2,1H3/t8-,12+/m1/s1. The van der Waals surface area contributed by atoms with E-state index in [1.54, 1.807) is 6.07 Å². The Morgan fingerprint density at radius 3 is 2.60 bits per heavy atom. The van der Waals surface area contributed by atoms with E-state index in [-0.39, 0.29) is 6.04 Å². The fraction of sp³-hybridized carbons (Fsp3) is 0.500. The van der Waals surface area contributed by atoms with Crippen LogP contribution in [0, 0.1) is 17.6 Å². The quantitative estimate of drug-likeness (QED) is 0.753. The molecule has 0 unspecified atom stereocenters. The number of hydrogen-bond acceptors (Lipinski definition) is 1. The number of benzene rings is 1. The predicted molar refractivity (Wildman–Crippen MR) is 55.5 cm³/mol. The lowest BCUT2D eigenvalue weighted by Crippen LogP contribution is -2.31. The molecule has 0 spiro atoms. The van der Waals surface area contributed by atoms with E-state index < -0.39 is 11.6 Å². The van der Waals surface area contributed by atoms with Gasteiger partial charge in [0.05, 0.1) is 0 Å². The fourth-order valence-corrected chi connectivity index (χ4v) is 2.01. The molecule has 1 aliphatic heterocycles. The summed E-state index contributed by atoms with van der Waals surface area (Å²) in [6.07, 6.45) is 2.13.